The Bertz CT molecular complexity index is 1760. The second-order valence-corrected chi connectivity index (χ2v) is 12.3. The van der Waals surface area contributed by atoms with Crippen LogP contribution in [0.3, 0.4) is 0 Å². The number of aryl methyl sites for hydroxylation is 4. The standard InChI is InChI=1S/C29H28N2O7S2/c1-19-11-13-27(14-12-19)39(33,34)37-25-9-5-7-23(17-25)30-29(32)31-24-8-6-10-26(18-24)38-40(35,36)28-21(3)15-20(2)16-22(28)4/h5-18H,1-4H3,(H2,30,31,32). The van der Waals surface area contributed by atoms with E-state index < -0.39 is 26.3 Å². The molecule has 0 spiro atoms. The van der Waals surface area contributed by atoms with E-state index in [0.29, 0.717) is 11.1 Å². The van der Waals surface area contributed by atoms with Crippen molar-refractivity contribution in [2.75, 3.05) is 10.6 Å². The minimum atomic E-state index is -4.12. The highest BCUT2D eigenvalue weighted by Crippen LogP contribution is 2.27. The molecule has 0 atom stereocenters. The van der Waals surface area contributed by atoms with Crippen molar-refractivity contribution in [3.8, 4) is 11.5 Å². The summed E-state index contributed by atoms with van der Waals surface area (Å²) < 4.78 is 61.7. The summed E-state index contributed by atoms with van der Waals surface area (Å²) in [7, 11) is -8.18. The van der Waals surface area contributed by atoms with Gasteiger partial charge >= 0.3 is 26.3 Å². The maximum atomic E-state index is 13.0. The number of nitrogens with one attached hydrogen (secondary N) is 2. The van der Waals surface area contributed by atoms with Gasteiger partial charge in [0.2, 0.25) is 0 Å². The summed E-state index contributed by atoms with van der Waals surface area (Å²) in [5.41, 5.74) is 3.54. The zero-order valence-electron chi connectivity index (χ0n) is 22.3. The molecule has 0 bridgehead atoms. The lowest BCUT2D eigenvalue weighted by molar-refractivity contribution is 0.262. The second kappa shape index (κ2) is 11.4. The van der Waals surface area contributed by atoms with Crippen LogP contribution >= 0.6 is 0 Å². The Labute approximate surface area is 234 Å². The summed E-state index contributed by atoms with van der Waals surface area (Å²) in [6.45, 7) is 7.14. The van der Waals surface area contributed by atoms with Crippen molar-refractivity contribution in [2.45, 2.75) is 37.5 Å². The number of hydrogen-bond acceptors (Lipinski definition) is 7. The van der Waals surface area contributed by atoms with Crippen LogP contribution in [0.1, 0.15) is 22.3 Å². The van der Waals surface area contributed by atoms with E-state index in [2.05, 4.69) is 10.6 Å². The minimum absolute atomic E-state index is 0.00557. The van der Waals surface area contributed by atoms with Crippen LogP contribution in [0.2, 0.25) is 0 Å². The number of carbonyl (C=O) groups excluding carboxylic acids is 1. The Morgan fingerprint density at radius 1 is 0.600 bits per heavy atom. The molecule has 0 aliphatic carbocycles. The molecule has 0 radical (unpaired) electrons. The van der Waals surface area contributed by atoms with E-state index in [1.54, 1.807) is 56.3 Å². The summed E-state index contributed by atoms with van der Waals surface area (Å²) in [6, 6.07) is 21.0. The molecule has 208 valence electrons. The van der Waals surface area contributed by atoms with Crippen molar-refractivity contribution in [1.82, 2.24) is 0 Å². The Morgan fingerprint density at radius 3 is 1.57 bits per heavy atom. The highest BCUT2D eigenvalue weighted by Gasteiger charge is 2.22. The van der Waals surface area contributed by atoms with Gasteiger partial charge in [-0.1, -0.05) is 47.5 Å². The number of carbonyl (C=O) groups is 1. The van der Waals surface area contributed by atoms with Gasteiger partial charge < -0.3 is 19.0 Å². The Balaban J connectivity index is 1.43. The maximum absolute atomic E-state index is 13.0. The number of hydrogen-bond donors (Lipinski definition) is 2. The molecule has 4 aromatic rings. The minimum Gasteiger partial charge on any atom is -0.379 e. The van der Waals surface area contributed by atoms with E-state index in [1.165, 1.54) is 42.5 Å². The third-order valence-corrected chi connectivity index (χ3v) is 8.58. The highest BCUT2D eigenvalue weighted by atomic mass is 32.2. The lowest BCUT2D eigenvalue weighted by Gasteiger charge is -2.14. The molecule has 4 aromatic carbocycles. The van der Waals surface area contributed by atoms with Crippen LogP contribution < -0.4 is 19.0 Å². The summed E-state index contributed by atoms with van der Waals surface area (Å²) in [6.07, 6.45) is 0. The Hall–Kier alpha value is -4.35. The molecule has 40 heavy (non-hydrogen) atoms. The average Bonchev–Trinajstić information content (AvgIpc) is 2.83. The largest absolute Gasteiger partial charge is 0.379 e. The average molecular weight is 581 g/mol. The van der Waals surface area contributed by atoms with Crippen LogP contribution in [0.4, 0.5) is 16.2 Å². The zero-order valence-corrected chi connectivity index (χ0v) is 23.9. The van der Waals surface area contributed by atoms with Crippen molar-refractivity contribution in [3.63, 3.8) is 0 Å². The van der Waals surface area contributed by atoms with E-state index in [-0.39, 0.29) is 32.7 Å². The van der Waals surface area contributed by atoms with E-state index in [1.807, 2.05) is 13.8 Å². The monoisotopic (exact) mass is 580 g/mol. The van der Waals surface area contributed by atoms with Gasteiger partial charge in [0.25, 0.3) is 0 Å². The summed E-state index contributed by atoms with van der Waals surface area (Å²) >= 11 is 0. The van der Waals surface area contributed by atoms with Crippen molar-refractivity contribution < 1.29 is 30.0 Å². The Morgan fingerprint density at radius 2 is 1.07 bits per heavy atom. The van der Waals surface area contributed by atoms with Gasteiger partial charge in [-0.2, -0.15) is 16.8 Å². The van der Waals surface area contributed by atoms with Crippen molar-refractivity contribution in [3.05, 3.63) is 107 Å². The molecule has 0 aromatic heterocycles. The predicted octanol–water partition coefficient (Wildman–Crippen LogP) is 6.10. The van der Waals surface area contributed by atoms with Gasteiger partial charge in [-0.25, -0.2) is 4.79 Å². The molecule has 0 aliphatic heterocycles. The fraction of sp³-hybridized carbons (Fsp3) is 0.138. The molecule has 2 N–H and O–H groups in total. The summed E-state index contributed by atoms with van der Waals surface area (Å²) in [5.74, 6) is 0.0366. The van der Waals surface area contributed by atoms with Gasteiger partial charge in [0.05, 0.1) is 0 Å². The third-order valence-electron chi connectivity index (χ3n) is 5.76. The first-order chi connectivity index (χ1) is 18.8. The third kappa shape index (κ3) is 6.99. The molecule has 4 rings (SSSR count). The molecular formula is C29H28N2O7S2. The van der Waals surface area contributed by atoms with Crippen molar-refractivity contribution in [1.29, 1.82) is 0 Å². The van der Waals surface area contributed by atoms with Gasteiger partial charge in [0, 0.05) is 23.5 Å². The van der Waals surface area contributed by atoms with Crippen LogP contribution in [0, 0.1) is 27.7 Å². The van der Waals surface area contributed by atoms with E-state index in [0.717, 1.165) is 11.1 Å². The highest BCUT2D eigenvalue weighted by molar-refractivity contribution is 7.87. The molecule has 0 aliphatic rings. The molecule has 0 saturated carbocycles. The smallest absolute Gasteiger partial charge is 0.339 e. The number of urea groups is 1. The quantitative estimate of drug-likeness (QED) is 0.241. The van der Waals surface area contributed by atoms with Crippen LogP contribution in [0.5, 0.6) is 11.5 Å². The van der Waals surface area contributed by atoms with Gasteiger partial charge in [-0.15, -0.1) is 0 Å². The molecule has 0 saturated heterocycles. The van der Waals surface area contributed by atoms with Crippen LogP contribution in [-0.4, -0.2) is 22.9 Å². The molecule has 2 amide bonds. The Kier molecular flexibility index (Phi) is 8.17. The molecule has 9 nitrogen and oxygen atoms in total. The van der Waals surface area contributed by atoms with Gasteiger partial charge in [0.15, 0.2) is 0 Å². The van der Waals surface area contributed by atoms with E-state index >= 15 is 0 Å². The van der Waals surface area contributed by atoms with Crippen LogP contribution in [0.25, 0.3) is 0 Å². The topological polar surface area (TPSA) is 128 Å². The lowest BCUT2D eigenvalue weighted by Crippen LogP contribution is -2.19. The van der Waals surface area contributed by atoms with Crippen molar-refractivity contribution >= 4 is 37.6 Å². The zero-order chi connectivity index (χ0) is 29.1. The normalized spacial score (nSPS) is 11.5. The fourth-order valence-corrected chi connectivity index (χ4v) is 6.42. The number of amides is 2. The number of rotatable bonds is 8. The summed E-state index contributed by atoms with van der Waals surface area (Å²) in [4.78, 5) is 12.7. The second-order valence-electron chi connectivity index (χ2n) is 9.25. The first kappa shape index (κ1) is 28.7. The van der Waals surface area contributed by atoms with E-state index in [9.17, 15) is 21.6 Å². The molecular weight excluding hydrogens is 552 g/mol. The van der Waals surface area contributed by atoms with Crippen LogP contribution in [-0.2, 0) is 20.2 Å². The first-order valence-electron chi connectivity index (χ1n) is 12.1. The fourth-order valence-electron chi connectivity index (χ4n) is 4.15. The summed E-state index contributed by atoms with van der Waals surface area (Å²) in [5, 5.41) is 5.20. The van der Waals surface area contributed by atoms with Crippen molar-refractivity contribution in [2.24, 2.45) is 0 Å². The predicted molar refractivity (Wildman–Crippen MR) is 153 cm³/mol. The SMILES string of the molecule is Cc1ccc(S(=O)(=O)Oc2cccc(NC(=O)Nc3cccc(OS(=O)(=O)c4c(C)cc(C)cc4C)c3)c2)cc1. The first-order valence-corrected chi connectivity index (χ1v) is 15.0. The van der Waals surface area contributed by atoms with Gasteiger partial charge in [-0.3, -0.25) is 0 Å². The molecule has 11 heteroatoms. The molecule has 0 unspecified atom stereocenters. The molecule has 0 fully saturated rings. The number of benzene rings is 4. The number of anilines is 2. The van der Waals surface area contributed by atoms with Gasteiger partial charge in [-0.05, 0) is 75.2 Å². The maximum Gasteiger partial charge on any atom is 0.339 e. The lowest BCUT2D eigenvalue weighted by atomic mass is 10.1. The molecule has 0 heterocycles. The van der Waals surface area contributed by atoms with E-state index in [4.69, 9.17) is 8.37 Å². The van der Waals surface area contributed by atoms with Gasteiger partial charge in [0.1, 0.15) is 21.3 Å². The van der Waals surface area contributed by atoms with Crippen LogP contribution in [0.15, 0.2) is 94.7 Å².